The van der Waals surface area contributed by atoms with Crippen LogP contribution >= 0.6 is 11.6 Å². The predicted molar refractivity (Wildman–Crippen MR) is 132 cm³/mol. The summed E-state index contributed by atoms with van der Waals surface area (Å²) >= 11 is 6.51. The third-order valence-corrected chi connectivity index (χ3v) is 5.89. The molecule has 0 aliphatic carbocycles. The van der Waals surface area contributed by atoms with E-state index in [-0.39, 0.29) is 11.4 Å². The molecule has 192 valence electrons. The third kappa shape index (κ3) is 7.13. The number of pyridine rings is 1. The molecule has 2 aromatic carbocycles. The second kappa shape index (κ2) is 12.1. The number of aryl methyl sites for hydroxylation is 1. The molecule has 0 fully saturated rings. The Hall–Kier alpha value is -3.26. The number of ether oxygens (including phenoxy) is 2. The van der Waals surface area contributed by atoms with E-state index in [1.807, 2.05) is 6.92 Å². The molecule has 1 N–H and O–H groups in total. The first kappa shape index (κ1) is 27.3. The van der Waals surface area contributed by atoms with Crippen molar-refractivity contribution in [2.45, 2.75) is 51.3 Å². The number of aromatic nitrogens is 1. The lowest BCUT2D eigenvalue weighted by molar-refractivity contribution is -0.138. The quantitative estimate of drug-likeness (QED) is 0.279. The molecule has 5 nitrogen and oxygen atoms in total. The van der Waals surface area contributed by atoms with Crippen molar-refractivity contribution in [3.8, 4) is 22.8 Å². The standard InChI is InChI=1S/C27H27ClF3NO4/c1-3-4-8-23(36-26-20(28)15-17(9-14-25(33)34)16-24(26)35-2)22-7-5-6-21(32-22)18-10-12-19(13-11-18)27(29,30)31/h5-7,10-13,15-16,23H,3-4,8-9,14H2,1-2H3,(H,33,34). The van der Waals surface area contributed by atoms with E-state index in [1.54, 1.807) is 30.3 Å². The summed E-state index contributed by atoms with van der Waals surface area (Å²) in [4.78, 5) is 15.6. The minimum Gasteiger partial charge on any atom is -0.493 e. The lowest BCUT2D eigenvalue weighted by Crippen LogP contribution is -2.11. The van der Waals surface area contributed by atoms with Crippen LogP contribution in [0.2, 0.25) is 5.02 Å². The van der Waals surface area contributed by atoms with Crippen molar-refractivity contribution in [3.05, 3.63) is 76.4 Å². The van der Waals surface area contributed by atoms with Crippen LogP contribution in [0, 0.1) is 0 Å². The van der Waals surface area contributed by atoms with Crippen molar-refractivity contribution >= 4 is 17.6 Å². The van der Waals surface area contributed by atoms with Gasteiger partial charge in [-0.1, -0.05) is 43.1 Å². The zero-order valence-corrected chi connectivity index (χ0v) is 20.7. The van der Waals surface area contributed by atoms with Gasteiger partial charge in [-0.15, -0.1) is 0 Å². The fourth-order valence-corrected chi connectivity index (χ4v) is 3.98. The molecule has 1 unspecified atom stereocenters. The second-order valence-electron chi connectivity index (χ2n) is 8.27. The molecule has 0 aliphatic rings. The SMILES string of the molecule is CCCCC(Oc1c(Cl)cc(CCC(=O)O)cc1OC)c1cccc(-c2ccc(C(F)(F)F)cc2)n1. The Morgan fingerprint density at radius 2 is 1.86 bits per heavy atom. The van der Waals surface area contributed by atoms with Crippen molar-refractivity contribution in [3.63, 3.8) is 0 Å². The van der Waals surface area contributed by atoms with Gasteiger partial charge in [-0.3, -0.25) is 4.79 Å². The van der Waals surface area contributed by atoms with Crippen LogP contribution in [-0.4, -0.2) is 23.2 Å². The van der Waals surface area contributed by atoms with Crippen LogP contribution in [-0.2, 0) is 17.4 Å². The molecular formula is C27H27ClF3NO4. The lowest BCUT2D eigenvalue weighted by atomic mass is 10.0. The largest absolute Gasteiger partial charge is 0.493 e. The Balaban J connectivity index is 1.92. The molecule has 0 amide bonds. The number of aliphatic carboxylic acids is 1. The highest BCUT2D eigenvalue weighted by atomic mass is 35.5. The number of hydrogen-bond acceptors (Lipinski definition) is 4. The maximum atomic E-state index is 12.9. The molecule has 3 rings (SSSR count). The summed E-state index contributed by atoms with van der Waals surface area (Å²) in [6.45, 7) is 2.05. The van der Waals surface area contributed by atoms with Gasteiger partial charge in [-0.25, -0.2) is 4.98 Å². The highest BCUT2D eigenvalue weighted by Gasteiger charge is 2.30. The van der Waals surface area contributed by atoms with Gasteiger partial charge in [0.15, 0.2) is 11.5 Å². The summed E-state index contributed by atoms with van der Waals surface area (Å²) in [5.41, 5.74) is 1.67. The van der Waals surface area contributed by atoms with Crippen molar-refractivity contribution in [1.82, 2.24) is 4.98 Å². The highest BCUT2D eigenvalue weighted by molar-refractivity contribution is 6.32. The van der Waals surface area contributed by atoms with Crippen molar-refractivity contribution in [2.24, 2.45) is 0 Å². The number of unbranched alkanes of at least 4 members (excludes halogenated alkanes) is 1. The zero-order valence-electron chi connectivity index (χ0n) is 19.9. The van der Waals surface area contributed by atoms with E-state index in [2.05, 4.69) is 4.98 Å². The van der Waals surface area contributed by atoms with E-state index in [9.17, 15) is 18.0 Å². The zero-order chi connectivity index (χ0) is 26.3. The molecule has 36 heavy (non-hydrogen) atoms. The van der Waals surface area contributed by atoms with E-state index in [1.165, 1.54) is 19.2 Å². The summed E-state index contributed by atoms with van der Waals surface area (Å²) in [5.74, 6) is -0.214. The third-order valence-electron chi connectivity index (χ3n) is 5.61. The van der Waals surface area contributed by atoms with Gasteiger partial charge in [0.05, 0.1) is 29.1 Å². The highest BCUT2D eigenvalue weighted by Crippen LogP contribution is 2.40. The molecule has 1 aromatic heterocycles. The average molecular weight is 522 g/mol. The molecule has 1 atom stereocenters. The Bertz CT molecular complexity index is 1180. The van der Waals surface area contributed by atoms with Crippen LogP contribution in [0.25, 0.3) is 11.3 Å². The van der Waals surface area contributed by atoms with Gasteiger partial charge in [0.2, 0.25) is 0 Å². The van der Waals surface area contributed by atoms with Gasteiger partial charge in [0.1, 0.15) is 6.10 Å². The molecule has 1 heterocycles. The van der Waals surface area contributed by atoms with Gasteiger partial charge < -0.3 is 14.6 Å². The summed E-state index contributed by atoms with van der Waals surface area (Å²) < 4.78 is 50.6. The van der Waals surface area contributed by atoms with Gasteiger partial charge in [0, 0.05) is 12.0 Å². The molecule has 0 bridgehead atoms. The molecule has 9 heteroatoms. The van der Waals surface area contributed by atoms with Crippen LogP contribution in [0.5, 0.6) is 11.5 Å². The number of carboxylic acid groups (broad SMARTS) is 1. The first-order valence-corrected chi connectivity index (χ1v) is 11.9. The van der Waals surface area contributed by atoms with Crippen molar-refractivity contribution in [2.75, 3.05) is 7.11 Å². The molecule has 0 saturated heterocycles. The molecule has 0 aliphatic heterocycles. The van der Waals surface area contributed by atoms with E-state index >= 15 is 0 Å². The normalized spacial score (nSPS) is 12.3. The van der Waals surface area contributed by atoms with Crippen molar-refractivity contribution < 1.29 is 32.5 Å². The number of alkyl halides is 3. The molecule has 0 spiro atoms. The number of methoxy groups -OCH3 is 1. The van der Waals surface area contributed by atoms with Gasteiger partial charge in [-0.2, -0.15) is 13.2 Å². The van der Waals surface area contributed by atoms with Crippen LogP contribution < -0.4 is 9.47 Å². The van der Waals surface area contributed by atoms with E-state index in [0.29, 0.717) is 46.9 Å². The summed E-state index contributed by atoms with van der Waals surface area (Å²) in [6.07, 6.45) is -2.27. The Labute approximate surface area is 212 Å². The van der Waals surface area contributed by atoms with Crippen LogP contribution in [0.15, 0.2) is 54.6 Å². The topological polar surface area (TPSA) is 68.7 Å². The van der Waals surface area contributed by atoms with Gasteiger partial charge in [0.25, 0.3) is 0 Å². The Kier molecular flexibility index (Phi) is 9.20. The monoisotopic (exact) mass is 521 g/mol. The maximum Gasteiger partial charge on any atom is 0.416 e. The van der Waals surface area contributed by atoms with Crippen LogP contribution in [0.1, 0.15) is 55.5 Å². The Morgan fingerprint density at radius 1 is 1.14 bits per heavy atom. The molecular weight excluding hydrogens is 495 g/mol. The van der Waals surface area contributed by atoms with Crippen LogP contribution in [0.4, 0.5) is 13.2 Å². The number of halogens is 4. The van der Waals surface area contributed by atoms with Crippen molar-refractivity contribution in [1.29, 1.82) is 0 Å². The number of carbonyl (C=O) groups is 1. The maximum absolute atomic E-state index is 12.9. The lowest BCUT2D eigenvalue weighted by Gasteiger charge is -2.22. The summed E-state index contributed by atoms with van der Waals surface area (Å²) in [5, 5.41) is 9.25. The van der Waals surface area contributed by atoms with E-state index in [4.69, 9.17) is 26.2 Å². The molecule has 3 aromatic rings. The summed E-state index contributed by atoms with van der Waals surface area (Å²) in [7, 11) is 1.48. The number of benzene rings is 2. The molecule has 0 saturated carbocycles. The smallest absolute Gasteiger partial charge is 0.416 e. The number of rotatable bonds is 11. The van der Waals surface area contributed by atoms with E-state index < -0.39 is 23.8 Å². The minimum absolute atomic E-state index is 0.0422. The van der Waals surface area contributed by atoms with Crippen LogP contribution in [0.3, 0.4) is 0 Å². The number of carboxylic acids is 1. The first-order chi connectivity index (χ1) is 17.1. The van der Waals surface area contributed by atoms with E-state index in [0.717, 1.165) is 25.0 Å². The summed E-state index contributed by atoms with van der Waals surface area (Å²) in [6, 6.07) is 13.5. The number of hydrogen-bond donors (Lipinski definition) is 1. The second-order valence-corrected chi connectivity index (χ2v) is 8.68. The first-order valence-electron chi connectivity index (χ1n) is 11.5. The Morgan fingerprint density at radius 3 is 2.47 bits per heavy atom. The van der Waals surface area contributed by atoms with Gasteiger partial charge >= 0.3 is 12.1 Å². The fourth-order valence-electron chi connectivity index (χ4n) is 3.70. The minimum atomic E-state index is -4.41. The number of nitrogens with zero attached hydrogens (tertiary/aromatic N) is 1. The predicted octanol–water partition coefficient (Wildman–Crippen LogP) is 7.76. The average Bonchev–Trinajstić information content (AvgIpc) is 2.85. The van der Waals surface area contributed by atoms with Gasteiger partial charge in [-0.05, 0) is 61.2 Å². The molecule has 0 radical (unpaired) electrons. The fraction of sp³-hybridized carbons (Fsp3) is 0.333.